The first kappa shape index (κ1) is 20.4. The van der Waals surface area contributed by atoms with E-state index in [4.69, 9.17) is 16.3 Å². The lowest BCUT2D eigenvalue weighted by Gasteiger charge is -2.40. The summed E-state index contributed by atoms with van der Waals surface area (Å²) in [7, 11) is 0. The molecule has 1 fully saturated rings. The zero-order valence-corrected chi connectivity index (χ0v) is 16.5. The van der Waals surface area contributed by atoms with Crippen LogP contribution in [0, 0.1) is 0 Å². The second-order valence-corrected chi connectivity index (χ2v) is 8.03. The van der Waals surface area contributed by atoms with Gasteiger partial charge in [-0.15, -0.1) is 0 Å². The van der Waals surface area contributed by atoms with Gasteiger partial charge in [0, 0.05) is 36.5 Å². The number of carbonyl (C=O) groups is 2. The van der Waals surface area contributed by atoms with Gasteiger partial charge in [-0.05, 0) is 52.0 Å². The number of hydrogen-bond donors (Lipinski definition) is 1. The lowest BCUT2D eigenvalue weighted by Crippen LogP contribution is -2.57. The Bertz CT molecular complexity index is 634. The van der Waals surface area contributed by atoms with Crippen molar-refractivity contribution in [1.29, 1.82) is 0 Å². The largest absolute Gasteiger partial charge is 0.490 e. The minimum atomic E-state index is -1.08. The van der Waals surface area contributed by atoms with E-state index in [1.54, 1.807) is 44.7 Å². The molecule has 0 unspecified atom stereocenters. The zero-order chi connectivity index (χ0) is 19.5. The Hall–Kier alpha value is -1.95. The van der Waals surface area contributed by atoms with Crippen LogP contribution in [0.4, 0.5) is 4.79 Å². The Balaban J connectivity index is 1.92. The van der Waals surface area contributed by atoms with Crippen molar-refractivity contribution in [1.82, 2.24) is 9.80 Å². The Labute approximate surface area is 159 Å². The van der Waals surface area contributed by atoms with Crippen molar-refractivity contribution in [3.8, 4) is 5.75 Å². The van der Waals surface area contributed by atoms with Gasteiger partial charge in [0.1, 0.15) is 17.9 Å². The zero-order valence-electron chi connectivity index (χ0n) is 15.7. The molecule has 0 radical (unpaired) electrons. The number of carbonyl (C=O) groups excluding carboxylic acids is 1. The molecule has 1 aromatic rings. The summed E-state index contributed by atoms with van der Waals surface area (Å²) in [6.07, 6.45) is 0.376. The van der Waals surface area contributed by atoms with E-state index in [1.165, 1.54) is 4.90 Å². The van der Waals surface area contributed by atoms with Crippen molar-refractivity contribution in [2.45, 2.75) is 58.2 Å². The molecule has 1 heterocycles. The molecule has 0 saturated carbocycles. The van der Waals surface area contributed by atoms with Crippen LogP contribution >= 0.6 is 11.6 Å². The number of rotatable bonds is 4. The lowest BCUT2D eigenvalue weighted by molar-refractivity contribution is -0.139. The Morgan fingerprint density at radius 1 is 1.23 bits per heavy atom. The van der Waals surface area contributed by atoms with Gasteiger partial charge in [-0.3, -0.25) is 9.69 Å². The fraction of sp³-hybridized carbons (Fsp3) is 0.579. The predicted octanol–water partition coefficient (Wildman–Crippen LogP) is 3.88. The molecule has 144 valence electrons. The van der Waals surface area contributed by atoms with E-state index in [-0.39, 0.29) is 12.0 Å². The molecule has 0 spiro atoms. The van der Waals surface area contributed by atoms with E-state index < -0.39 is 17.7 Å². The highest BCUT2D eigenvalue weighted by atomic mass is 35.5. The summed E-state index contributed by atoms with van der Waals surface area (Å²) in [4.78, 5) is 27.3. The first-order valence-corrected chi connectivity index (χ1v) is 9.20. The highest BCUT2D eigenvalue weighted by Crippen LogP contribution is 2.23. The molecule has 0 bridgehead atoms. The van der Waals surface area contributed by atoms with Gasteiger partial charge >= 0.3 is 6.09 Å². The van der Waals surface area contributed by atoms with Gasteiger partial charge in [-0.2, -0.15) is 0 Å². The Morgan fingerprint density at radius 3 is 2.23 bits per heavy atom. The summed E-state index contributed by atoms with van der Waals surface area (Å²) in [5, 5.41) is 10.1. The summed E-state index contributed by atoms with van der Waals surface area (Å²) in [6, 6.07) is 6.50. The average Bonchev–Trinajstić information content (AvgIpc) is 2.55. The smallest absolute Gasteiger partial charge is 0.408 e. The second-order valence-electron chi connectivity index (χ2n) is 7.60. The molecule has 1 aromatic carbocycles. The van der Waals surface area contributed by atoms with Crippen LogP contribution in [0.5, 0.6) is 5.75 Å². The summed E-state index contributed by atoms with van der Waals surface area (Å²) >= 11 is 5.87. The first-order valence-electron chi connectivity index (χ1n) is 8.83. The maximum absolute atomic E-state index is 12.8. The number of carboxylic acid groups (broad SMARTS) is 1. The number of amides is 2. The topological polar surface area (TPSA) is 70.1 Å². The van der Waals surface area contributed by atoms with Gasteiger partial charge < -0.3 is 14.7 Å². The summed E-state index contributed by atoms with van der Waals surface area (Å²) in [5.74, 6) is 0.601. The molecule has 0 aromatic heterocycles. The highest BCUT2D eigenvalue weighted by molar-refractivity contribution is 6.30. The minimum Gasteiger partial charge on any atom is -0.490 e. The highest BCUT2D eigenvalue weighted by Gasteiger charge is 2.37. The Kier molecular flexibility index (Phi) is 6.39. The number of piperidine rings is 1. The third-order valence-corrected chi connectivity index (χ3v) is 4.80. The van der Waals surface area contributed by atoms with Gasteiger partial charge in [0.25, 0.3) is 0 Å². The van der Waals surface area contributed by atoms with Gasteiger partial charge in [0.15, 0.2) is 0 Å². The minimum absolute atomic E-state index is 0.0359. The fourth-order valence-corrected chi connectivity index (χ4v) is 3.43. The Morgan fingerprint density at radius 2 is 1.77 bits per heavy atom. The monoisotopic (exact) mass is 382 g/mol. The maximum Gasteiger partial charge on any atom is 0.408 e. The number of halogens is 1. The molecule has 26 heavy (non-hydrogen) atoms. The third kappa shape index (κ3) is 5.04. The average molecular weight is 383 g/mol. The molecule has 1 N–H and O–H groups in total. The number of hydrogen-bond acceptors (Lipinski definition) is 3. The van der Waals surface area contributed by atoms with E-state index in [1.807, 2.05) is 12.1 Å². The van der Waals surface area contributed by atoms with E-state index in [0.717, 1.165) is 5.75 Å². The predicted molar refractivity (Wildman–Crippen MR) is 101 cm³/mol. The molecular formula is C19H27ClN2O4. The van der Waals surface area contributed by atoms with Gasteiger partial charge in [0.2, 0.25) is 5.91 Å². The molecule has 0 aliphatic carbocycles. The van der Waals surface area contributed by atoms with Crippen LogP contribution in [-0.2, 0) is 4.79 Å². The molecule has 2 amide bonds. The second kappa shape index (κ2) is 8.16. The number of ether oxygens (including phenoxy) is 1. The van der Waals surface area contributed by atoms with E-state index in [9.17, 15) is 14.7 Å². The maximum atomic E-state index is 12.8. The van der Waals surface area contributed by atoms with Crippen molar-refractivity contribution in [3.05, 3.63) is 29.3 Å². The summed E-state index contributed by atoms with van der Waals surface area (Å²) in [6.45, 7) is 8.13. The third-order valence-electron chi connectivity index (χ3n) is 4.54. The molecule has 7 heteroatoms. The van der Waals surface area contributed by atoms with Crippen LogP contribution in [0.2, 0.25) is 5.02 Å². The van der Waals surface area contributed by atoms with Crippen molar-refractivity contribution in [3.63, 3.8) is 0 Å². The standard InChI is InChI=1S/C19H27ClN2O4/c1-13(22(18(24)25)19(2,3)4)17(23)21-11-9-16(10-12-21)26-15-7-5-14(20)6-8-15/h5-8,13,16H,9-12H2,1-4H3,(H,24,25)/t13-/m0/s1. The normalized spacial score (nSPS) is 16.9. The van der Waals surface area contributed by atoms with Crippen LogP contribution in [0.25, 0.3) is 0 Å². The molecular weight excluding hydrogens is 356 g/mol. The van der Waals surface area contributed by atoms with Crippen LogP contribution < -0.4 is 4.74 Å². The van der Waals surface area contributed by atoms with Crippen molar-refractivity contribution in [2.24, 2.45) is 0 Å². The van der Waals surface area contributed by atoms with Crippen molar-refractivity contribution < 1.29 is 19.4 Å². The number of nitrogens with zero attached hydrogens (tertiary/aromatic N) is 2. The van der Waals surface area contributed by atoms with Crippen molar-refractivity contribution >= 4 is 23.6 Å². The molecule has 6 nitrogen and oxygen atoms in total. The van der Waals surface area contributed by atoms with E-state index in [0.29, 0.717) is 31.0 Å². The first-order chi connectivity index (χ1) is 12.1. The number of likely N-dealkylation sites (tertiary alicyclic amines) is 1. The molecule has 1 saturated heterocycles. The van der Waals surface area contributed by atoms with Gasteiger partial charge in [-0.25, -0.2) is 4.79 Å². The van der Waals surface area contributed by atoms with E-state index >= 15 is 0 Å². The van der Waals surface area contributed by atoms with Gasteiger partial charge in [-0.1, -0.05) is 11.6 Å². The lowest BCUT2D eigenvalue weighted by atomic mass is 10.0. The fourth-order valence-electron chi connectivity index (χ4n) is 3.31. The van der Waals surface area contributed by atoms with Crippen LogP contribution in [0.1, 0.15) is 40.5 Å². The molecule has 1 aliphatic rings. The summed E-state index contributed by atoms with van der Waals surface area (Å²) < 4.78 is 5.94. The van der Waals surface area contributed by atoms with Crippen LogP contribution in [0.3, 0.4) is 0 Å². The molecule has 2 rings (SSSR count). The summed E-state index contributed by atoms with van der Waals surface area (Å²) in [5.41, 5.74) is -0.642. The van der Waals surface area contributed by atoms with Crippen LogP contribution in [-0.4, -0.2) is 57.7 Å². The van der Waals surface area contributed by atoms with Crippen molar-refractivity contribution in [2.75, 3.05) is 13.1 Å². The van der Waals surface area contributed by atoms with Gasteiger partial charge in [0.05, 0.1) is 0 Å². The molecule has 1 aliphatic heterocycles. The van der Waals surface area contributed by atoms with Crippen LogP contribution in [0.15, 0.2) is 24.3 Å². The van der Waals surface area contributed by atoms with E-state index in [2.05, 4.69) is 0 Å². The molecule has 1 atom stereocenters. The SMILES string of the molecule is C[C@@H](C(=O)N1CCC(Oc2ccc(Cl)cc2)CC1)N(C(=O)O)C(C)(C)C. The quantitative estimate of drug-likeness (QED) is 0.857. The number of benzene rings is 1.